The van der Waals surface area contributed by atoms with Crippen molar-refractivity contribution in [1.82, 2.24) is 31.5 Å². The normalized spacial score (nSPS) is 18.3. The summed E-state index contributed by atoms with van der Waals surface area (Å²) in [7, 11) is 4.90. The fourth-order valence-corrected chi connectivity index (χ4v) is 9.87. The zero-order valence-corrected chi connectivity index (χ0v) is 30.9. The van der Waals surface area contributed by atoms with Gasteiger partial charge < -0.3 is 36.1 Å². The molecule has 1 aromatic heterocycles. The summed E-state index contributed by atoms with van der Waals surface area (Å²) in [5.41, 5.74) is 4.58. The molecule has 4 amide bonds. The van der Waals surface area contributed by atoms with E-state index in [9.17, 15) is 18.8 Å². The largest absolute Gasteiger partial charge is 0.493 e. The van der Waals surface area contributed by atoms with E-state index in [4.69, 9.17) is 9.47 Å². The van der Waals surface area contributed by atoms with Crippen LogP contribution in [0.1, 0.15) is 49.7 Å². The molecule has 0 spiro atoms. The van der Waals surface area contributed by atoms with E-state index in [1.165, 1.54) is 12.1 Å². The van der Waals surface area contributed by atoms with Gasteiger partial charge in [-0.25, -0.2) is 9.18 Å². The van der Waals surface area contributed by atoms with E-state index >= 15 is 0 Å². The molecule has 2 aliphatic heterocycles. The van der Waals surface area contributed by atoms with Crippen LogP contribution in [-0.4, -0.2) is 89.4 Å². The van der Waals surface area contributed by atoms with Gasteiger partial charge in [-0.05, 0) is 55.2 Å². The number of carbonyl (C=O) groups excluding carboxylic acids is 3. The number of aromatic nitrogens is 2. The summed E-state index contributed by atoms with van der Waals surface area (Å²) in [6.07, 6.45) is 5.06. The third kappa shape index (κ3) is 9.98. The number of fused-ring (bicyclic) bond motifs is 4. The van der Waals surface area contributed by atoms with E-state index in [1.807, 2.05) is 23.9 Å². The Labute approximate surface area is 309 Å². The van der Waals surface area contributed by atoms with Crippen LogP contribution in [0.15, 0.2) is 36.4 Å². The number of thioether (sulfide) groups is 1. The van der Waals surface area contributed by atoms with Crippen molar-refractivity contribution < 1.29 is 28.2 Å². The Morgan fingerprint density at radius 1 is 1.02 bits per heavy atom. The van der Waals surface area contributed by atoms with E-state index in [0.29, 0.717) is 79.4 Å². The lowest BCUT2D eigenvalue weighted by Gasteiger charge is -2.16. The van der Waals surface area contributed by atoms with Crippen molar-refractivity contribution in [3.8, 4) is 22.8 Å². The minimum absolute atomic E-state index is 0.000886. The monoisotopic (exact) mass is 757 g/mol. The smallest absolute Gasteiger partial charge is 0.315 e. The zero-order chi connectivity index (χ0) is 35.6. The number of anilines is 2. The summed E-state index contributed by atoms with van der Waals surface area (Å²) < 4.78 is 25.3. The highest BCUT2D eigenvalue weighted by molar-refractivity contribution is 8.76. The van der Waals surface area contributed by atoms with E-state index in [1.54, 1.807) is 40.8 Å². The number of benzene rings is 2. The minimum atomic E-state index is -0.318. The number of nitrogens with one attached hydrogen (secondary N) is 6. The number of hydrogen-bond acceptors (Lipinski definition) is 10. The van der Waals surface area contributed by atoms with Crippen molar-refractivity contribution in [2.45, 2.75) is 62.3 Å². The highest BCUT2D eigenvalue weighted by Crippen LogP contribution is 2.44. The van der Waals surface area contributed by atoms with Gasteiger partial charge in [-0.2, -0.15) is 16.9 Å². The van der Waals surface area contributed by atoms with Crippen LogP contribution in [0.2, 0.25) is 0 Å². The molecule has 2 saturated heterocycles. The summed E-state index contributed by atoms with van der Waals surface area (Å²) in [4.78, 5) is 36.0. The number of halogens is 1. The number of ether oxygens (including phenoxy) is 2. The Morgan fingerprint density at radius 2 is 1.86 bits per heavy atom. The Hall–Kier alpha value is -3.76. The lowest BCUT2D eigenvalue weighted by atomic mass is 10.0. The lowest BCUT2D eigenvalue weighted by Crippen LogP contribution is -2.36. The van der Waals surface area contributed by atoms with Gasteiger partial charge >= 0.3 is 6.03 Å². The average molecular weight is 758 g/mol. The van der Waals surface area contributed by atoms with Crippen molar-refractivity contribution in [1.29, 1.82) is 0 Å². The first-order chi connectivity index (χ1) is 24.9. The number of rotatable bonds is 20. The van der Waals surface area contributed by atoms with Crippen LogP contribution in [0, 0.1) is 5.82 Å². The number of aromatic amines is 1. The van der Waals surface area contributed by atoms with Crippen molar-refractivity contribution in [3.05, 3.63) is 53.3 Å². The van der Waals surface area contributed by atoms with Crippen molar-refractivity contribution in [2.24, 2.45) is 0 Å². The van der Waals surface area contributed by atoms with Gasteiger partial charge in [0.2, 0.25) is 11.8 Å². The zero-order valence-electron chi connectivity index (χ0n) is 28.5. The van der Waals surface area contributed by atoms with Gasteiger partial charge in [-0.1, -0.05) is 34.1 Å². The summed E-state index contributed by atoms with van der Waals surface area (Å²) >= 11 is 1.90. The molecular weight excluding hydrogens is 714 g/mol. The molecule has 274 valence electrons. The number of amides is 4. The molecular formula is C35H44FN7O5S3. The molecule has 3 aromatic rings. The Balaban J connectivity index is 0.796. The van der Waals surface area contributed by atoms with Crippen LogP contribution in [0.3, 0.4) is 0 Å². The maximum atomic E-state index is 13.7. The highest BCUT2D eigenvalue weighted by atomic mass is 33.1. The molecule has 0 radical (unpaired) electrons. The molecule has 3 atom stereocenters. The molecule has 3 heterocycles. The molecule has 2 aromatic carbocycles. The lowest BCUT2D eigenvalue weighted by molar-refractivity contribution is -0.121. The SMILES string of the molecule is COc1cc2c(cc1OCCCNC(=O)CCSSCCNC(=O)CCCCC1SCC3NC(=O)NC31)-c1[nH]nc(Nc3cccc(F)c3)c1C2. The Morgan fingerprint density at radius 3 is 2.73 bits per heavy atom. The minimum Gasteiger partial charge on any atom is -0.493 e. The molecule has 2 fully saturated rings. The Bertz CT molecular complexity index is 1700. The first-order valence-corrected chi connectivity index (χ1v) is 20.8. The molecule has 12 nitrogen and oxygen atoms in total. The van der Waals surface area contributed by atoms with Crippen molar-refractivity contribution in [2.75, 3.05) is 49.4 Å². The molecule has 6 N–H and O–H groups in total. The van der Waals surface area contributed by atoms with E-state index in [0.717, 1.165) is 53.2 Å². The van der Waals surface area contributed by atoms with Gasteiger partial charge in [-0.3, -0.25) is 14.7 Å². The first-order valence-electron chi connectivity index (χ1n) is 17.3. The number of hydrogen-bond donors (Lipinski definition) is 6. The fraction of sp³-hybridized carbons (Fsp3) is 0.486. The Kier molecular flexibility index (Phi) is 13.2. The molecule has 0 saturated carbocycles. The predicted octanol–water partition coefficient (Wildman–Crippen LogP) is 5.37. The van der Waals surface area contributed by atoms with Crippen LogP contribution >= 0.6 is 33.3 Å². The van der Waals surface area contributed by atoms with Crippen LogP contribution in [0.5, 0.6) is 11.5 Å². The molecule has 51 heavy (non-hydrogen) atoms. The average Bonchev–Trinajstić information content (AvgIpc) is 3.87. The molecule has 0 bridgehead atoms. The number of urea groups is 1. The maximum absolute atomic E-state index is 13.7. The van der Waals surface area contributed by atoms with E-state index < -0.39 is 0 Å². The number of carbonyl (C=O) groups is 3. The topological polar surface area (TPSA) is 158 Å². The van der Waals surface area contributed by atoms with Crippen molar-refractivity contribution >= 4 is 62.7 Å². The molecule has 1 aliphatic carbocycles. The second-order valence-electron chi connectivity index (χ2n) is 12.6. The van der Waals surface area contributed by atoms with Crippen LogP contribution in [0.25, 0.3) is 11.3 Å². The van der Waals surface area contributed by atoms with Gasteiger partial charge in [-0.15, -0.1) is 0 Å². The molecule has 3 unspecified atom stereocenters. The van der Waals surface area contributed by atoms with Gasteiger partial charge in [0.1, 0.15) is 5.82 Å². The summed E-state index contributed by atoms with van der Waals surface area (Å²) in [6, 6.07) is 10.6. The van der Waals surface area contributed by atoms with Crippen molar-refractivity contribution in [3.63, 3.8) is 0 Å². The standard InChI is InChI=1S/C35H44FN7O5S3/c1-47-27-17-21-16-25-32(42-43-34(25)39-23-7-4-6-22(36)18-23)24(21)19-28(27)48-13-5-11-37-31(45)10-14-50-51-15-12-38-30(44)9-3-2-8-29-33-26(20-49-29)40-35(46)41-33/h4,6-7,17-19,26,29,33H,2-3,5,8-16,20H2,1H3,(H,37,45)(H,38,44)(H2,39,42,43)(H2,40,41,46). The van der Waals surface area contributed by atoms with E-state index in [-0.39, 0.29) is 35.7 Å². The predicted molar refractivity (Wildman–Crippen MR) is 203 cm³/mol. The van der Waals surface area contributed by atoms with Gasteiger partial charge in [0, 0.05) is 71.7 Å². The second kappa shape index (κ2) is 18.1. The second-order valence-corrected chi connectivity index (χ2v) is 16.5. The van der Waals surface area contributed by atoms with Gasteiger partial charge in [0.15, 0.2) is 17.3 Å². The quantitative estimate of drug-likeness (QED) is 0.0394. The summed E-state index contributed by atoms with van der Waals surface area (Å²) in [5.74, 6) is 4.09. The third-order valence-electron chi connectivity index (χ3n) is 8.97. The third-order valence-corrected chi connectivity index (χ3v) is 12.9. The fourth-order valence-electron chi connectivity index (χ4n) is 6.43. The van der Waals surface area contributed by atoms with Gasteiger partial charge in [0.05, 0.1) is 31.5 Å². The first kappa shape index (κ1) is 37.0. The molecule has 3 aliphatic rings. The van der Waals surface area contributed by atoms with Gasteiger partial charge in [0.25, 0.3) is 0 Å². The van der Waals surface area contributed by atoms with Crippen LogP contribution < -0.4 is 36.1 Å². The summed E-state index contributed by atoms with van der Waals surface area (Å²) in [6.45, 7) is 1.52. The van der Waals surface area contributed by atoms with Crippen LogP contribution in [-0.2, 0) is 16.0 Å². The highest BCUT2D eigenvalue weighted by Gasteiger charge is 2.42. The summed E-state index contributed by atoms with van der Waals surface area (Å²) in [5, 5.41) is 23.1. The van der Waals surface area contributed by atoms with Crippen LogP contribution in [0.4, 0.5) is 20.7 Å². The number of nitrogens with zero attached hydrogens (tertiary/aromatic N) is 1. The number of H-pyrrole nitrogens is 1. The molecule has 6 rings (SSSR count). The number of unbranched alkanes of at least 4 members (excludes halogenated alkanes) is 1. The van der Waals surface area contributed by atoms with E-state index in [2.05, 4.69) is 36.8 Å². The maximum Gasteiger partial charge on any atom is 0.315 e. The molecule has 16 heteroatoms. The number of methoxy groups -OCH3 is 1.